The standard InChI is InChI=1S/C58H67ClN10O7S/c1-39-53(77-38-64-39)44-15-12-41(13-16-44)32-63-56(72)51-29-50(70)36-69(51)57(73)54(58(2,3)4)65-52(71)18-21-74-22-23-75-24-25-76-37-49-35-68(67-66-49)20-7-19-60-30-42-27-47(33-61-31-42)48-28-46(55(59)62-34-48)17-11-40-10-14-43-8-5-6-9-45(43)26-40/h5-6,8-17,26-28,31,33-35,38,50-51,54,60,70H,7,18-25,29-30,32,36-37H2,1-4H3,(H,63,72)(H,65,71)/b17-11+/t50-,51+,54-/m1/s1. The van der Waals surface area contributed by atoms with Crippen LogP contribution in [-0.4, -0.2) is 122 Å². The minimum absolute atomic E-state index is 0.00476. The Labute approximate surface area is 458 Å². The van der Waals surface area contributed by atoms with Crippen molar-refractivity contribution in [3.8, 4) is 21.6 Å². The first-order chi connectivity index (χ1) is 37.3. The number of likely N-dealkylation sites (tertiary alicyclic amines) is 1. The zero-order chi connectivity index (χ0) is 54.2. The summed E-state index contributed by atoms with van der Waals surface area (Å²) < 4.78 is 18.8. The summed E-state index contributed by atoms with van der Waals surface area (Å²) in [5, 5.41) is 31.2. The van der Waals surface area contributed by atoms with Crippen LogP contribution < -0.4 is 16.0 Å². The molecule has 3 amide bonds. The highest BCUT2D eigenvalue weighted by Crippen LogP contribution is 2.30. The van der Waals surface area contributed by atoms with Gasteiger partial charge in [-0.2, -0.15) is 0 Å². The number of halogens is 1. The third kappa shape index (κ3) is 16.4. The number of benzene rings is 3. The fraction of sp³-hybridized carbons (Fsp3) is 0.379. The molecule has 1 aliphatic rings. The van der Waals surface area contributed by atoms with Gasteiger partial charge in [0.05, 0.1) is 68.0 Å². The first-order valence-electron chi connectivity index (χ1n) is 25.9. The maximum atomic E-state index is 14.0. The molecule has 3 atom stereocenters. The molecule has 8 rings (SSSR count). The van der Waals surface area contributed by atoms with Gasteiger partial charge in [-0.05, 0) is 76.5 Å². The second kappa shape index (κ2) is 27.5. The molecule has 0 saturated carbocycles. The largest absolute Gasteiger partial charge is 0.391 e. The van der Waals surface area contributed by atoms with Crippen molar-refractivity contribution >= 4 is 63.6 Å². The molecule has 4 N–H and O–H groups in total. The van der Waals surface area contributed by atoms with E-state index >= 15 is 0 Å². The number of carbonyl (C=O) groups excluding carboxylic acids is 3. The number of aromatic nitrogens is 6. The minimum Gasteiger partial charge on any atom is -0.391 e. The predicted molar refractivity (Wildman–Crippen MR) is 299 cm³/mol. The Bertz CT molecular complexity index is 3110. The van der Waals surface area contributed by atoms with Gasteiger partial charge in [0.25, 0.3) is 0 Å². The summed E-state index contributed by atoms with van der Waals surface area (Å²) in [6.45, 7) is 11.6. The van der Waals surface area contributed by atoms with Gasteiger partial charge in [-0.25, -0.2) is 9.97 Å². The summed E-state index contributed by atoms with van der Waals surface area (Å²) in [6, 6.07) is 24.9. The second-order valence-electron chi connectivity index (χ2n) is 20.1. The molecule has 3 aromatic carbocycles. The van der Waals surface area contributed by atoms with Crippen molar-refractivity contribution in [2.75, 3.05) is 46.1 Å². The van der Waals surface area contributed by atoms with Crippen LogP contribution in [0.3, 0.4) is 0 Å². The second-order valence-corrected chi connectivity index (χ2v) is 21.3. The monoisotopic (exact) mass is 1080 g/mol. The number of amides is 3. The normalized spacial score (nSPS) is 15.1. The van der Waals surface area contributed by atoms with Gasteiger partial charge in [-0.1, -0.05) is 110 Å². The average Bonchev–Trinajstić information content (AvgIpc) is 4.19. The Balaban J connectivity index is 0.664. The smallest absolute Gasteiger partial charge is 0.246 e. The molecule has 7 aromatic rings. The van der Waals surface area contributed by atoms with E-state index in [2.05, 4.69) is 83.7 Å². The van der Waals surface area contributed by atoms with Gasteiger partial charge in [0.2, 0.25) is 17.7 Å². The molecule has 0 bridgehead atoms. The Morgan fingerprint density at radius 2 is 1.62 bits per heavy atom. The van der Waals surface area contributed by atoms with E-state index in [-0.39, 0.29) is 51.0 Å². The van der Waals surface area contributed by atoms with E-state index in [0.29, 0.717) is 44.7 Å². The average molecular weight is 1080 g/mol. The lowest BCUT2D eigenvalue weighted by atomic mass is 9.85. The summed E-state index contributed by atoms with van der Waals surface area (Å²) in [5.41, 5.74) is 9.64. The van der Waals surface area contributed by atoms with E-state index in [1.807, 2.05) is 100 Å². The molecule has 0 aliphatic carbocycles. The predicted octanol–water partition coefficient (Wildman–Crippen LogP) is 8.07. The number of β-amino-alcohol motifs (C(OH)–C–C–N with tert-alkyl or cyclic N) is 1. The van der Waals surface area contributed by atoms with Crippen molar-refractivity contribution in [1.29, 1.82) is 0 Å². The quantitative estimate of drug-likeness (QED) is 0.0299. The molecule has 5 heterocycles. The van der Waals surface area contributed by atoms with Crippen LogP contribution in [0.2, 0.25) is 5.15 Å². The molecule has 17 nitrogen and oxygen atoms in total. The number of nitrogens with zero attached hydrogens (tertiary/aromatic N) is 7. The number of aryl methyl sites for hydroxylation is 2. The number of hydrogen-bond acceptors (Lipinski definition) is 14. The van der Waals surface area contributed by atoms with Crippen LogP contribution in [0.25, 0.3) is 44.5 Å². The fourth-order valence-corrected chi connectivity index (χ4v) is 9.87. The van der Waals surface area contributed by atoms with Crippen molar-refractivity contribution in [3.63, 3.8) is 0 Å². The highest BCUT2D eigenvalue weighted by Gasteiger charge is 2.44. The van der Waals surface area contributed by atoms with Crippen molar-refractivity contribution < 1.29 is 33.7 Å². The number of aliphatic hydroxyl groups is 1. The zero-order valence-electron chi connectivity index (χ0n) is 44.0. The van der Waals surface area contributed by atoms with Crippen LogP contribution in [0.15, 0.2) is 109 Å². The summed E-state index contributed by atoms with van der Waals surface area (Å²) >= 11 is 8.08. The molecule has 0 radical (unpaired) electrons. The number of ether oxygens (including phenoxy) is 3. The van der Waals surface area contributed by atoms with E-state index in [0.717, 1.165) is 68.2 Å². The third-order valence-corrected chi connectivity index (χ3v) is 14.4. The van der Waals surface area contributed by atoms with Gasteiger partial charge in [0, 0.05) is 74.3 Å². The lowest BCUT2D eigenvalue weighted by Crippen LogP contribution is -2.57. The number of thiazole rings is 1. The molecule has 77 heavy (non-hydrogen) atoms. The van der Waals surface area contributed by atoms with Gasteiger partial charge in [0.1, 0.15) is 22.9 Å². The number of pyridine rings is 2. The summed E-state index contributed by atoms with van der Waals surface area (Å²) in [4.78, 5) is 56.3. The van der Waals surface area contributed by atoms with E-state index in [4.69, 9.17) is 25.8 Å². The highest BCUT2D eigenvalue weighted by molar-refractivity contribution is 7.13. The molecular formula is C58H67ClN10O7S. The number of rotatable bonds is 26. The van der Waals surface area contributed by atoms with Gasteiger partial charge in [-0.3, -0.25) is 24.0 Å². The maximum absolute atomic E-state index is 14.0. The lowest BCUT2D eigenvalue weighted by molar-refractivity contribution is -0.144. The topological polar surface area (TPSA) is 208 Å². The van der Waals surface area contributed by atoms with Crippen LogP contribution in [0.1, 0.15) is 73.7 Å². The lowest BCUT2D eigenvalue weighted by Gasteiger charge is -2.35. The van der Waals surface area contributed by atoms with Crippen LogP contribution in [0, 0.1) is 12.3 Å². The SMILES string of the molecule is Cc1ncsc1-c1ccc(CNC(=O)[C@@H]2C[C@@H](O)CN2C(=O)[C@@H](NC(=O)CCOCCOCCOCc2cn(CCCNCc3cncc(-c4cnc(Cl)c(/C=C/c5ccc6ccccc6c5)c4)c3)nn2)C(C)(C)C)cc1. The molecule has 0 unspecified atom stereocenters. The zero-order valence-corrected chi connectivity index (χ0v) is 45.6. The van der Waals surface area contributed by atoms with Crippen LogP contribution in [0.4, 0.5) is 0 Å². The summed E-state index contributed by atoms with van der Waals surface area (Å²) in [6.07, 6.45) is 11.5. The van der Waals surface area contributed by atoms with Crippen LogP contribution in [0.5, 0.6) is 0 Å². The molecule has 0 spiro atoms. The van der Waals surface area contributed by atoms with Crippen molar-refractivity contribution in [1.82, 2.24) is 50.8 Å². The van der Waals surface area contributed by atoms with Gasteiger partial charge < -0.3 is 40.2 Å². The number of aliphatic hydroxyl groups excluding tert-OH is 1. The fourth-order valence-electron chi connectivity index (χ4n) is 8.89. The third-order valence-electron chi connectivity index (χ3n) is 13.1. The Hall–Kier alpha value is -6.77. The number of nitrogens with one attached hydrogen (secondary N) is 3. The van der Waals surface area contributed by atoms with Gasteiger partial charge in [-0.15, -0.1) is 16.4 Å². The van der Waals surface area contributed by atoms with Crippen molar-refractivity contribution in [2.45, 2.75) is 91.4 Å². The molecule has 1 saturated heterocycles. The highest BCUT2D eigenvalue weighted by atomic mass is 35.5. The van der Waals surface area contributed by atoms with E-state index in [1.54, 1.807) is 22.2 Å². The molecule has 4 aromatic heterocycles. The Morgan fingerprint density at radius 1 is 0.857 bits per heavy atom. The first-order valence-corrected chi connectivity index (χ1v) is 27.2. The number of hydrogen-bond donors (Lipinski definition) is 4. The van der Waals surface area contributed by atoms with Crippen molar-refractivity contribution in [3.05, 3.63) is 148 Å². The van der Waals surface area contributed by atoms with Crippen LogP contribution in [-0.2, 0) is 54.8 Å². The molecular weight excluding hydrogens is 1020 g/mol. The Morgan fingerprint density at radius 3 is 2.40 bits per heavy atom. The van der Waals surface area contributed by atoms with E-state index in [1.165, 1.54) is 15.7 Å². The molecule has 404 valence electrons. The minimum atomic E-state index is -0.930. The maximum Gasteiger partial charge on any atom is 0.246 e. The molecule has 1 fully saturated rings. The number of fused-ring (bicyclic) bond motifs is 1. The number of carbonyl (C=O) groups is 3. The van der Waals surface area contributed by atoms with Crippen molar-refractivity contribution in [2.24, 2.45) is 5.41 Å². The Kier molecular flexibility index (Phi) is 20.2. The van der Waals surface area contributed by atoms with Crippen LogP contribution >= 0.6 is 22.9 Å². The molecule has 19 heteroatoms. The molecule has 1 aliphatic heterocycles. The van der Waals surface area contributed by atoms with E-state index < -0.39 is 29.5 Å². The summed E-state index contributed by atoms with van der Waals surface area (Å²) in [5.74, 6) is -1.14. The van der Waals surface area contributed by atoms with Gasteiger partial charge in [0.15, 0.2) is 0 Å². The van der Waals surface area contributed by atoms with E-state index in [9.17, 15) is 19.5 Å². The first kappa shape index (κ1) is 56.4. The van der Waals surface area contributed by atoms with Gasteiger partial charge >= 0.3 is 0 Å². The summed E-state index contributed by atoms with van der Waals surface area (Å²) in [7, 11) is 0.